The average Bonchev–Trinajstić information content (AvgIpc) is 3.39. The van der Waals surface area contributed by atoms with Crippen molar-refractivity contribution in [3.8, 4) is 17.4 Å². The zero-order chi connectivity index (χ0) is 16.0. The maximum atomic E-state index is 11.0. The number of hydrogen-bond acceptors (Lipinski definition) is 3. The van der Waals surface area contributed by atoms with Gasteiger partial charge >= 0.3 is 0 Å². The van der Waals surface area contributed by atoms with Crippen LogP contribution in [0.3, 0.4) is 0 Å². The molecule has 2 aromatic heterocycles. The van der Waals surface area contributed by atoms with E-state index >= 15 is 0 Å². The Kier molecular flexibility index (Phi) is 2.21. The topological polar surface area (TPSA) is 58.3 Å². The van der Waals surface area contributed by atoms with Crippen molar-refractivity contribution in [1.82, 2.24) is 9.55 Å². The summed E-state index contributed by atoms with van der Waals surface area (Å²) in [5, 5.41) is 23.0. The van der Waals surface area contributed by atoms with Crippen molar-refractivity contribution in [2.75, 3.05) is 0 Å². The van der Waals surface area contributed by atoms with E-state index in [1.54, 1.807) is 10.8 Å². The van der Waals surface area contributed by atoms with E-state index in [4.69, 9.17) is 0 Å². The van der Waals surface area contributed by atoms with Gasteiger partial charge in [-0.15, -0.1) is 0 Å². The Bertz CT molecular complexity index is 962. The zero-order valence-electron chi connectivity index (χ0n) is 13.2. The quantitative estimate of drug-likeness (QED) is 0.712. The largest absolute Gasteiger partial charge is 0.494 e. The van der Waals surface area contributed by atoms with Gasteiger partial charge in [0.05, 0.1) is 11.2 Å². The van der Waals surface area contributed by atoms with Gasteiger partial charge < -0.3 is 10.2 Å². The monoisotopic (exact) mass is 318 g/mol. The lowest BCUT2D eigenvalue weighted by Gasteiger charge is -2.35. The number of benzene rings is 1. The van der Waals surface area contributed by atoms with Crippen molar-refractivity contribution in [3.63, 3.8) is 0 Å². The normalized spacial score (nSPS) is 29.5. The average molecular weight is 318 g/mol. The third-order valence-electron chi connectivity index (χ3n) is 6.51. The number of aromatic nitrogens is 2. The Balaban J connectivity index is 1.66. The molecule has 2 fully saturated rings. The van der Waals surface area contributed by atoms with Crippen LogP contribution < -0.4 is 0 Å². The molecule has 2 bridgehead atoms. The molecule has 1 aromatic carbocycles. The molecule has 3 aromatic rings. The predicted molar refractivity (Wildman–Crippen MR) is 90.7 cm³/mol. The summed E-state index contributed by atoms with van der Waals surface area (Å²) in [5.41, 5.74) is 3.70. The van der Waals surface area contributed by atoms with Gasteiger partial charge in [-0.3, -0.25) is 9.55 Å². The molecule has 7 rings (SSSR count). The molecule has 4 aliphatic rings. The van der Waals surface area contributed by atoms with Gasteiger partial charge in [-0.1, -0.05) is 6.07 Å². The third-order valence-corrected chi connectivity index (χ3v) is 6.51. The van der Waals surface area contributed by atoms with E-state index in [-0.39, 0.29) is 11.8 Å². The first-order valence-corrected chi connectivity index (χ1v) is 8.76. The first kappa shape index (κ1) is 12.9. The second kappa shape index (κ2) is 4.12. The fourth-order valence-electron chi connectivity index (χ4n) is 5.49. The van der Waals surface area contributed by atoms with Gasteiger partial charge in [-0.2, -0.15) is 0 Å². The van der Waals surface area contributed by atoms with Crippen molar-refractivity contribution in [2.24, 2.45) is 11.8 Å². The summed E-state index contributed by atoms with van der Waals surface area (Å²) in [6.45, 7) is 0. The van der Waals surface area contributed by atoms with E-state index < -0.39 is 0 Å². The Morgan fingerprint density at radius 3 is 2.33 bits per heavy atom. The van der Waals surface area contributed by atoms with Crippen LogP contribution in [0.4, 0.5) is 0 Å². The van der Waals surface area contributed by atoms with Crippen molar-refractivity contribution in [3.05, 3.63) is 47.7 Å². The summed E-state index contributed by atoms with van der Waals surface area (Å²) >= 11 is 0. The van der Waals surface area contributed by atoms with Gasteiger partial charge in [0, 0.05) is 22.7 Å². The fraction of sp³-hybridized carbons (Fsp3) is 0.350. The Morgan fingerprint density at radius 2 is 1.62 bits per heavy atom. The molecule has 0 radical (unpaired) electrons. The van der Waals surface area contributed by atoms with Crippen LogP contribution in [0.2, 0.25) is 0 Å². The number of hydrogen-bond donors (Lipinski definition) is 2. The van der Waals surface area contributed by atoms with E-state index in [2.05, 4.69) is 4.98 Å². The fourth-order valence-corrected chi connectivity index (χ4v) is 5.49. The Hall–Kier alpha value is -2.49. The summed E-state index contributed by atoms with van der Waals surface area (Å²) < 4.78 is 1.64. The zero-order valence-corrected chi connectivity index (χ0v) is 13.2. The second-order valence-corrected chi connectivity index (χ2v) is 7.51. The van der Waals surface area contributed by atoms with Crippen LogP contribution in [-0.2, 0) is 0 Å². The first-order valence-electron chi connectivity index (χ1n) is 8.76. The molecule has 4 nitrogen and oxygen atoms in total. The van der Waals surface area contributed by atoms with Crippen molar-refractivity contribution in [1.29, 1.82) is 0 Å². The number of rotatable bonds is 1. The summed E-state index contributed by atoms with van der Waals surface area (Å²) in [6.07, 6.45) is 5.32. The lowest BCUT2D eigenvalue weighted by Crippen LogP contribution is -2.22. The molecule has 0 aliphatic heterocycles. The van der Waals surface area contributed by atoms with Gasteiger partial charge in [-0.05, 0) is 67.2 Å². The molecule has 0 spiro atoms. The molecule has 120 valence electrons. The van der Waals surface area contributed by atoms with Crippen LogP contribution in [0.5, 0.6) is 11.8 Å². The predicted octanol–water partition coefficient (Wildman–Crippen LogP) is 4.05. The van der Waals surface area contributed by atoms with Crippen LogP contribution in [0.1, 0.15) is 42.2 Å². The number of aromatic hydroxyl groups is 2. The molecule has 4 atom stereocenters. The molecule has 0 saturated heterocycles. The molecule has 2 saturated carbocycles. The highest BCUT2D eigenvalue weighted by atomic mass is 16.3. The smallest absolute Gasteiger partial charge is 0.202 e. The van der Waals surface area contributed by atoms with Gasteiger partial charge in [0.1, 0.15) is 0 Å². The van der Waals surface area contributed by atoms with E-state index in [0.29, 0.717) is 11.8 Å². The molecule has 0 amide bonds. The molecule has 2 heterocycles. The molecule has 4 heteroatoms. The summed E-state index contributed by atoms with van der Waals surface area (Å²) in [7, 11) is 0. The number of nitrogens with zero attached hydrogens (tertiary/aromatic N) is 2. The van der Waals surface area contributed by atoms with Crippen LogP contribution in [0.15, 0.2) is 36.5 Å². The molecular weight excluding hydrogens is 300 g/mol. The Labute approximate surface area is 139 Å². The maximum Gasteiger partial charge on any atom is 0.202 e. The minimum absolute atomic E-state index is 0.235. The van der Waals surface area contributed by atoms with Crippen LogP contribution >= 0.6 is 0 Å². The lowest BCUT2D eigenvalue weighted by molar-refractivity contribution is 0.322. The SMILES string of the molecule is Oc1c2c(c(O)n1-c1cccc3ncccc13)C1CCC2C2CC12. The maximum absolute atomic E-state index is 11.0. The molecule has 24 heavy (non-hydrogen) atoms. The first-order chi connectivity index (χ1) is 11.8. The second-order valence-electron chi connectivity index (χ2n) is 7.51. The van der Waals surface area contributed by atoms with E-state index in [9.17, 15) is 10.2 Å². The van der Waals surface area contributed by atoms with E-state index in [1.165, 1.54) is 6.42 Å². The van der Waals surface area contributed by atoms with Crippen molar-refractivity contribution >= 4 is 10.9 Å². The molecule has 4 aliphatic carbocycles. The summed E-state index contributed by atoms with van der Waals surface area (Å²) in [6, 6.07) is 9.70. The number of pyridine rings is 1. The minimum atomic E-state index is 0.235. The van der Waals surface area contributed by atoms with E-state index in [1.807, 2.05) is 30.3 Å². The number of fused-ring (bicyclic) bond motifs is 2. The van der Waals surface area contributed by atoms with Crippen molar-refractivity contribution < 1.29 is 10.2 Å². The highest BCUT2D eigenvalue weighted by Crippen LogP contribution is 2.70. The van der Waals surface area contributed by atoms with Gasteiger partial charge in [0.25, 0.3) is 0 Å². The minimum Gasteiger partial charge on any atom is -0.494 e. The standard InChI is InChI=1S/C20H18N2O2/c23-19-17-10-6-7-11(14-9-13(10)14)18(17)20(24)22(19)16-5-1-4-15-12(16)3-2-8-21-15/h1-5,8,10-11,13-14,23-24H,6-7,9H2. The Morgan fingerprint density at radius 1 is 0.917 bits per heavy atom. The lowest BCUT2D eigenvalue weighted by atomic mass is 9.68. The summed E-state index contributed by atoms with van der Waals surface area (Å²) in [4.78, 5) is 4.39. The van der Waals surface area contributed by atoms with Gasteiger partial charge in [0.15, 0.2) is 0 Å². The third kappa shape index (κ3) is 1.38. The molecule has 4 unspecified atom stereocenters. The van der Waals surface area contributed by atoms with Crippen LogP contribution in [-0.4, -0.2) is 19.8 Å². The van der Waals surface area contributed by atoms with Crippen LogP contribution in [0.25, 0.3) is 16.6 Å². The highest BCUT2D eigenvalue weighted by Gasteiger charge is 2.58. The molecular formula is C20H18N2O2. The van der Waals surface area contributed by atoms with Crippen molar-refractivity contribution in [2.45, 2.75) is 31.1 Å². The van der Waals surface area contributed by atoms with Crippen LogP contribution in [0, 0.1) is 11.8 Å². The highest BCUT2D eigenvalue weighted by molar-refractivity contribution is 5.88. The summed E-state index contributed by atoms with van der Waals surface area (Å²) in [5.74, 6) is 2.78. The van der Waals surface area contributed by atoms with Gasteiger partial charge in [-0.25, -0.2) is 0 Å². The van der Waals surface area contributed by atoms with E-state index in [0.717, 1.165) is 52.4 Å². The molecule has 2 N–H and O–H groups in total. The van der Waals surface area contributed by atoms with Gasteiger partial charge in [0.2, 0.25) is 11.8 Å².